The number of nitrogens with zero attached hydrogens (tertiary/aromatic N) is 2. The smallest absolute Gasteiger partial charge is 0.309 e. The average molecular weight is 850 g/mol. The van der Waals surface area contributed by atoms with Crippen molar-refractivity contribution in [2.75, 3.05) is 33.7 Å². The van der Waals surface area contributed by atoms with Crippen molar-refractivity contribution in [1.29, 1.82) is 0 Å². The molecule has 5 saturated carbocycles. The summed E-state index contributed by atoms with van der Waals surface area (Å²) in [6.07, 6.45) is 6.94. The van der Waals surface area contributed by atoms with Crippen LogP contribution in [0.4, 0.5) is 0 Å². The highest BCUT2D eigenvalue weighted by molar-refractivity contribution is 6.31. The monoisotopic (exact) mass is 849 g/mol. The lowest BCUT2D eigenvalue weighted by Gasteiger charge is -2.72. The highest BCUT2D eigenvalue weighted by Gasteiger charge is 2.71. The maximum absolute atomic E-state index is 14.4. The summed E-state index contributed by atoms with van der Waals surface area (Å²) in [6.45, 7) is 21.4. The molecule has 2 N–H and O–H groups in total. The maximum Gasteiger partial charge on any atom is 0.309 e. The van der Waals surface area contributed by atoms with Gasteiger partial charge in [-0.15, -0.1) is 0 Å². The number of fused-ring (bicyclic) bond motifs is 7. The number of carboxylic acids is 1. The third-order valence-corrected chi connectivity index (χ3v) is 19.0. The average Bonchev–Trinajstić information content (AvgIpc) is 3.47. The van der Waals surface area contributed by atoms with Gasteiger partial charge in [0, 0.05) is 47.5 Å². The minimum atomic E-state index is -0.902. The number of carboxylic acid groups (broad SMARTS) is 1. The third-order valence-electron chi connectivity index (χ3n) is 18.7. The number of likely N-dealkylation sites (N-methyl/N-ethyl adjacent to an activating group) is 1. The van der Waals surface area contributed by atoms with Crippen molar-refractivity contribution in [3.63, 3.8) is 0 Å². The molecule has 1 aromatic carbocycles. The van der Waals surface area contributed by atoms with Crippen molar-refractivity contribution in [3.8, 4) is 0 Å². The summed E-state index contributed by atoms with van der Waals surface area (Å²) in [4.78, 5) is 57.8. The molecule has 0 unspecified atom stereocenters. The van der Waals surface area contributed by atoms with E-state index < -0.39 is 34.7 Å². The number of benzene rings is 1. The molecule has 0 aromatic heterocycles. The number of amides is 1. The highest BCUT2D eigenvalue weighted by Crippen LogP contribution is 2.77. The Morgan fingerprint density at radius 2 is 1.57 bits per heavy atom. The zero-order valence-electron chi connectivity index (χ0n) is 38.3. The minimum Gasteiger partial charge on any atom is -0.481 e. The van der Waals surface area contributed by atoms with Gasteiger partial charge in [0.25, 0.3) is 5.91 Å². The summed E-state index contributed by atoms with van der Waals surface area (Å²) in [5.74, 6) is -1.05. The molecule has 11 atom stereocenters. The number of Topliss-reactive ketones (excluding diaryl/α,β-unsaturated/α-hetero) is 1. The lowest BCUT2D eigenvalue weighted by Crippen LogP contribution is -2.66. The quantitative estimate of drug-likeness (QED) is 0.211. The summed E-state index contributed by atoms with van der Waals surface area (Å²) >= 11 is 6.34. The van der Waals surface area contributed by atoms with Crippen molar-refractivity contribution in [3.05, 3.63) is 46.0 Å². The van der Waals surface area contributed by atoms with E-state index in [-0.39, 0.29) is 63.8 Å². The highest BCUT2D eigenvalue weighted by atomic mass is 35.5. The Morgan fingerprint density at radius 3 is 2.18 bits per heavy atom. The van der Waals surface area contributed by atoms with Gasteiger partial charge >= 0.3 is 11.9 Å². The van der Waals surface area contributed by atoms with Crippen LogP contribution in [0.3, 0.4) is 0 Å². The Labute approximate surface area is 364 Å². The van der Waals surface area contributed by atoms with Crippen LogP contribution in [0.15, 0.2) is 35.4 Å². The van der Waals surface area contributed by atoms with E-state index in [0.29, 0.717) is 54.8 Å². The van der Waals surface area contributed by atoms with Crippen molar-refractivity contribution in [2.45, 2.75) is 139 Å². The first-order valence-electron chi connectivity index (χ1n) is 23.0. The normalized spacial score (nSPS) is 38.3. The third kappa shape index (κ3) is 6.83. The van der Waals surface area contributed by atoms with E-state index in [1.165, 1.54) is 5.57 Å². The van der Waals surface area contributed by atoms with Crippen LogP contribution >= 0.6 is 11.6 Å². The molecule has 0 saturated heterocycles. The molecule has 5 fully saturated rings. The molecule has 9 nitrogen and oxygen atoms in total. The predicted molar refractivity (Wildman–Crippen MR) is 234 cm³/mol. The van der Waals surface area contributed by atoms with E-state index in [9.17, 15) is 29.4 Å². The van der Waals surface area contributed by atoms with Gasteiger partial charge in [-0.05, 0) is 141 Å². The first-order valence-corrected chi connectivity index (χ1v) is 23.3. The molecule has 7 rings (SSSR count). The Hall–Kier alpha value is -2.75. The number of aliphatic hydroxyl groups is 1. The van der Waals surface area contributed by atoms with Crippen molar-refractivity contribution in [1.82, 2.24) is 9.80 Å². The lowest BCUT2D eigenvalue weighted by molar-refractivity contribution is -0.238. The van der Waals surface area contributed by atoms with Crippen LogP contribution in [-0.4, -0.2) is 89.6 Å². The maximum atomic E-state index is 14.4. The van der Waals surface area contributed by atoms with Crippen LogP contribution in [-0.2, 0) is 19.1 Å². The molecule has 60 heavy (non-hydrogen) atoms. The standard InChI is InChI=1S/C50H73ClN2O7/c1-29(2)40-35(54)27-50(38(55)28-53(24-23-52(10)11)42(56)30-13-12-14-31(51)25-30)22-21-48(8)32(41(40)50)15-16-37-47(7)19-18-39(46(5,6)36(47)17-20-49(37,48)9)60-44(59)34-26-33(43(57)58)45(34,3)4/h12-14,25,29,32-34,36-39,55H,15-24,26-28H2,1-11H3,(H,57,58)/t32-,33+,34-,36+,37-,38+,39+,47+,48-,49-,50+/m1/s1. The van der Waals surface area contributed by atoms with Gasteiger partial charge in [0.1, 0.15) is 6.10 Å². The fourth-order valence-electron chi connectivity index (χ4n) is 15.0. The number of carbonyl (C=O) groups excluding carboxylic acids is 3. The molecule has 1 aromatic rings. The molecule has 0 heterocycles. The van der Waals surface area contributed by atoms with Gasteiger partial charge in [-0.2, -0.15) is 0 Å². The second-order valence-corrected chi connectivity index (χ2v) is 23.2. The van der Waals surface area contributed by atoms with Crippen molar-refractivity contribution < 1.29 is 34.1 Å². The number of hydrogen-bond donors (Lipinski definition) is 2. The Balaban J connectivity index is 1.16. The van der Waals surface area contributed by atoms with E-state index in [4.69, 9.17) is 16.3 Å². The number of aliphatic carboxylic acids is 1. The lowest BCUT2D eigenvalue weighted by atomic mass is 9.33. The summed E-state index contributed by atoms with van der Waals surface area (Å²) in [6, 6.07) is 7.00. The fourth-order valence-corrected chi connectivity index (χ4v) is 15.2. The largest absolute Gasteiger partial charge is 0.481 e. The zero-order valence-corrected chi connectivity index (χ0v) is 39.1. The van der Waals surface area contributed by atoms with Gasteiger partial charge in [-0.1, -0.05) is 85.6 Å². The number of allylic oxidation sites excluding steroid dienone is 1. The summed E-state index contributed by atoms with van der Waals surface area (Å²) in [5.41, 5.74) is 0.918. The second-order valence-electron chi connectivity index (χ2n) is 22.7. The number of ether oxygens (including phenoxy) is 1. The molecule has 1 amide bonds. The number of aliphatic hydroxyl groups excluding tert-OH is 1. The van der Waals surface area contributed by atoms with E-state index in [1.807, 2.05) is 32.8 Å². The van der Waals surface area contributed by atoms with Crippen LogP contribution in [0.5, 0.6) is 0 Å². The second kappa shape index (κ2) is 15.5. The number of ketones is 1. The van der Waals surface area contributed by atoms with Crippen molar-refractivity contribution in [2.24, 2.45) is 68.0 Å². The van der Waals surface area contributed by atoms with Gasteiger partial charge in [-0.25, -0.2) is 0 Å². The summed E-state index contributed by atoms with van der Waals surface area (Å²) in [5, 5.41) is 22.9. The fraction of sp³-hybridized carbons (Fsp3) is 0.760. The first-order chi connectivity index (χ1) is 27.9. The number of esters is 1. The SMILES string of the molecule is CC(C)C1=C2[C@H]3CC[C@@H]4[C@@]5(C)CC[C@H](OC(=O)[C@H]6C[C@@H](C(=O)O)C6(C)C)C(C)(C)[C@@H]5CC[C@@]4(C)[C@]3(C)CC[C@@]2([C@@H](O)CN(CCN(C)C)C(=O)c2cccc(Cl)c2)CC1=O. The molecule has 6 aliphatic rings. The topological polar surface area (TPSA) is 124 Å². The Bertz CT molecular complexity index is 1940. The van der Waals surface area contributed by atoms with Gasteiger partial charge in [0.05, 0.1) is 17.9 Å². The number of halogens is 1. The number of carbonyl (C=O) groups is 4. The molecule has 0 spiro atoms. The van der Waals surface area contributed by atoms with Crippen LogP contribution in [0.1, 0.15) is 137 Å². The molecule has 332 valence electrons. The van der Waals surface area contributed by atoms with Crippen LogP contribution < -0.4 is 0 Å². The van der Waals surface area contributed by atoms with E-state index in [2.05, 4.69) is 48.5 Å². The Kier molecular flexibility index (Phi) is 11.7. The predicted octanol–water partition coefficient (Wildman–Crippen LogP) is 9.34. The molecular formula is C50H73ClN2O7. The molecular weight excluding hydrogens is 776 g/mol. The summed E-state index contributed by atoms with van der Waals surface area (Å²) in [7, 11) is 3.96. The van der Waals surface area contributed by atoms with Gasteiger partial charge in [0.2, 0.25) is 0 Å². The van der Waals surface area contributed by atoms with E-state index in [1.54, 1.807) is 29.2 Å². The first kappa shape index (κ1) is 45.3. The van der Waals surface area contributed by atoms with Crippen LogP contribution in [0.25, 0.3) is 0 Å². The van der Waals surface area contributed by atoms with Crippen molar-refractivity contribution >= 4 is 35.2 Å². The molecule has 10 heteroatoms. The van der Waals surface area contributed by atoms with Crippen LogP contribution in [0.2, 0.25) is 5.02 Å². The van der Waals surface area contributed by atoms with Gasteiger partial charge in [-0.3, -0.25) is 19.2 Å². The minimum absolute atomic E-state index is 0.0132. The number of rotatable bonds is 11. The van der Waals surface area contributed by atoms with E-state index >= 15 is 0 Å². The molecule has 0 radical (unpaired) electrons. The van der Waals surface area contributed by atoms with Gasteiger partial charge in [0.15, 0.2) is 5.78 Å². The molecule has 6 aliphatic carbocycles. The molecule has 0 aliphatic heterocycles. The van der Waals surface area contributed by atoms with Gasteiger partial charge < -0.3 is 24.7 Å². The van der Waals surface area contributed by atoms with E-state index in [0.717, 1.165) is 50.5 Å². The molecule has 0 bridgehead atoms. The number of hydrogen-bond acceptors (Lipinski definition) is 7. The summed E-state index contributed by atoms with van der Waals surface area (Å²) < 4.78 is 6.43. The Morgan fingerprint density at radius 1 is 0.867 bits per heavy atom. The zero-order chi connectivity index (χ0) is 44.1. The van der Waals surface area contributed by atoms with Crippen LogP contribution in [0, 0.1) is 68.0 Å².